The van der Waals surface area contributed by atoms with Crippen LogP contribution in [0.1, 0.15) is 37.9 Å². The molecule has 0 spiro atoms. The number of carbonyl (C=O) groups excluding carboxylic acids is 1. The largest absolute Gasteiger partial charge is 0.372 e. The summed E-state index contributed by atoms with van der Waals surface area (Å²) in [5.41, 5.74) is 3.13. The van der Waals surface area contributed by atoms with Gasteiger partial charge in [0.1, 0.15) is 5.82 Å². The third-order valence-corrected chi connectivity index (χ3v) is 5.91. The molecule has 30 heavy (non-hydrogen) atoms. The second kappa shape index (κ2) is 7.94. The van der Waals surface area contributed by atoms with Gasteiger partial charge in [0.25, 0.3) is 0 Å². The molecular weight excluding hydrogens is 381 g/mol. The summed E-state index contributed by atoms with van der Waals surface area (Å²) in [6.07, 6.45) is 1.39. The zero-order valence-electron chi connectivity index (χ0n) is 17.5. The molecule has 156 valence electrons. The number of amides is 1. The molecule has 1 aliphatic carbocycles. The van der Waals surface area contributed by atoms with Crippen molar-refractivity contribution in [3.8, 4) is 11.3 Å². The molecule has 1 fully saturated rings. The summed E-state index contributed by atoms with van der Waals surface area (Å²) in [6, 6.07) is 14.1. The molecule has 0 atom stereocenters. The van der Waals surface area contributed by atoms with Gasteiger partial charge in [-0.15, -0.1) is 0 Å². The molecule has 1 saturated carbocycles. The molecule has 1 N–H and O–H groups in total. The van der Waals surface area contributed by atoms with Crippen LogP contribution in [0.5, 0.6) is 0 Å². The Labute approximate surface area is 175 Å². The Morgan fingerprint density at radius 2 is 1.90 bits per heavy atom. The summed E-state index contributed by atoms with van der Waals surface area (Å²) in [4.78, 5) is 15.4. The van der Waals surface area contributed by atoms with Crippen LogP contribution in [0.2, 0.25) is 0 Å². The van der Waals surface area contributed by atoms with Gasteiger partial charge >= 0.3 is 0 Å². The normalized spacial score (nSPS) is 14.4. The topological polar surface area (TPSA) is 58.4 Å². The zero-order valence-corrected chi connectivity index (χ0v) is 17.5. The number of nitrogens with zero attached hydrogens (tertiary/aromatic N) is 2. The smallest absolute Gasteiger partial charge is 0.236 e. The average molecular weight is 407 g/mol. The number of benzene rings is 2. The molecule has 2 aromatic carbocycles. The highest BCUT2D eigenvalue weighted by Gasteiger charge is 2.54. The van der Waals surface area contributed by atoms with E-state index in [0.717, 1.165) is 30.0 Å². The van der Waals surface area contributed by atoms with Gasteiger partial charge < -0.3 is 14.7 Å². The van der Waals surface area contributed by atoms with Gasteiger partial charge in [-0.2, -0.15) is 0 Å². The SMILES string of the molecule is CCN(CC)c1ccc(NC(=O)C2(c3cc(-c4ccccc4F)on3)CC2)c(C)c1. The van der Waals surface area contributed by atoms with E-state index in [9.17, 15) is 9.18 Å². The summed E-state index contributed by atoms with van der Waals surface area (Å²) in [7, 11) is 0. The first-order valence-corrected chi connectivity index (χ1v) is 10.4. The fourth-order valence-corrected chi connectivity index (χ4v) is 3.83. The molecule has 1 heterocycles. The molecule has 0 saturated heterocycles. The summed E-state index contributed by atoms with van der Waals surface area (Å²) in [5.74, 6) is -0.144. The highest BCUT2D eigenvalue weighted by molar-refractivity contribution is 6.01. The number of anilines is 2. The van der Waals surface area contributed by atoms with Crippen molar-refractivity contribution < 1.29 is 13.7 Å². The Hall–Kier alpha value is -3.15. The molecule has 1 aliphatic rings. The standard InChI is InChI=1S/C24H26FN3O2/c1-4-28(5-2)17-10-11-20(16(3)14-17)26-23(29)24(12-13-24)22-15-21(30-27-22)18-8-6-7-9-19(18)25/h6-11,14-15H,4-5,12-13H2,1-3H3,(H,26,29). The van der Waals surface area contributed by atoms with Gasteiger partial charge in [-0.1, -0.05) is 17.3 Å². The lowest BCUT2D eigenvalue weighted by atomic mass is 9.99. The van der Waals surface area contributed by atoms with Gasteiger partial charge in [0.15, 0.2) is 5.76 Å². The van der Waals surface area contributed by atoms with Crippen molar-refractivity contribution in [2.24, 2.45) is 0 Å². The lowest BCUT2D eigenvalue weighted by molar-refractivity contribution is -0.118. The van der Waals surface area contributed by atoms with Crippen LogP contribution in [0.25, 0.3) is 11.3 Å². The summed E-state index contributed by atoms with van der Waals surface area (Å²) in [6.45, 7) is 8.11. The fourth-order valence-electron chi connectivity index (χ4n) is 3.83. The van der Waals surface area contributed by atoms with Gasteiger partial charge in [-0.25, -0.2) is 4.39 Å². The summed E-state index contributed by atoms with van der Waals surface area (Å²) >= 11 is 0. The number of nitrogens with one attached hydrogen (secondary N) is 1. The molecule has 6 heteroatoms. The maximum absolute atomic E-state index is 14.1. The monoisotopic (exact) mass is 407 g/mol. The number of carbonyl (C=O) groups is 1. The third kappa shape index (κ3) is 3.58. The van der Waals surface area contributed by atoms with E-state index >= 15 is 0 Å². The lowest BCUT2D eigenvalue weighted by Crippen LogP contribution is -2.28. The molecule has 0 unspecified atom stereocenters. The van der Waals surface area contributed by atoms with Crippen molar-refractivity contribution in [2.45, 2.75) is 39.0 Å². The van der Waals surface area contributed by atoms with Crippen LogP contribution in [0, 0.1) is 12.7 Å². The molecule has 1 aromatic heterocycles. The second-order valence-electron chi connectivity index (χ2n) is 7.76. The highest BCUT2D eigenvalue weighted by Crippen LogP contribution is 2.49. The molecule has 4 rings (SSSR count). The van der Waals surface area contributed by atoms with Crippen LogP contribution in [0.15, 0.2) is 53.1 Å². The van der Waals surface area contributed by atoms with Crippen molar-refractivity contribution in [1.29, 1.82) is 0 Å². The average Bonchev–Trinajstić information content (AvgIpc) is 3.41. The predicted molar refractivity (Wildman–Crippen MR) is 116 cm³/mol. The second-order valence-corrected chi connectivity index (χ2v) is 7.76. The van der Waals surface area contributed by atoms with E-state index in [1.807, 2.05) is 19.1 Å². The van der Waals surface area contributed by atoms with Crippen LogP contribution in [-0.4, -0.2) is 24.2 Å². The molecule has 3 aromatic rings. The number of hydrogen-bond donors (Lipinski definition) is 1. The minimum Gasteiger partial charge on any atom is -0.372 e. The predicted octanol–water partition coefficient (Wildman–Crippen LogP) is 5.31. The lowest BCUT2D eigenvalue weighted by Gasteiger charge is -2.22. The van der Waals surface area contributed by atoms with Gasteiger partial charge in [-0.05, 0) is 69.5 Å². The van der Waals surface area contributed by atoms with E-state index < -0.39 is 5.41 Å². The van der Waals surface area contributed by atoms with Crippen molar-refractivity contribution in [1.82, 2.24) is 5.16 Å². The highest BCUT2D eigenvalue weighted by atomic mass is 19.1. The Balaban J connectivity index is 1.54. The first-order valence-electron chi connectivity index (χ1n) is 10.4. The Morgan fingerprint density at radius 3 is 2.53 bits per heavy atom. The minimum absolute atomic E-state index is 0.102. The van der Waals surface area contributed by atoms with Crippen molar-refractivity contribution in [3.05, 3.63) is 65.6 Å². The van der Waals surface area contributed by atoms with Crippen LogP contribution >= 0.6 is 0 Å². The van der Waals surface area contributed by atoms with Crippen LogP contribution in [-0.2, 0) is 10.2 Å². The Bertz CT molecular complexity index is 1070. The van der Waals surface area contributed by atoms with Crippen molar-refractivity contribution in [2.75, 3.05) is 23.3 Å². The van der Waals surface area contributed by atoms with Gasteiger partial charge in [0, 0.05) is 30.5 Å². The minimum atomic E-state index is -0.711. The molecular formula is C24H26FN3O2. The first kappa shape index (κ1) is 20.1. The third-order valence-electron chi connectivity index (χ3n) is 5.91. The molecule has 1 amide bonds. The molecule has 0 aliphatic heterocycles. The summed E-state index contributed by atoms with van der Waals surface area (Å²) < 4.78 is 19.4. The number of aromatic nitrogens is 1. The van der Waals surface area contributed by atoms with E-state index in [1.54, 1.807) is 24.3 Å². The van der Waals surface area contributed by atoms with E-state index in [-0.39, 0.29) is 11.7 Å². The Morgan fingerprint density at radius 1 is 1.17 bits per heavy atom. The molecule has 5 nitrogen and oxygen atoms in total. The summed E-state index contributed by atoms with van der Waals surface area (Å²) in [5, 5.41) is 7.16. The van der Waals surface area contributed by atoms with Crippen molar-refractivity contribution >= 4 is 17.3 Å². The molecule has 0 bridgehead atoms. The molecule has 0 radical (unpaired) electrons. The van der Waals surface area contributed by atoms with E-state index in [0.29, 0.717) is 29.9 Å². The Kier molecular flexibility index (Phi) is 5.33. The van der Waals surface area contributed by atoms with E-state index in [1.165, 1.54) is 6.07 Å². The maximum atomic E-state index is 14.1. The number of rotatable bonds is 7. The van der Waals surface area contributed by atoms with Gasteiger partial charge in [0.2, 0.25) is 5.91 Å². The van der Waals surface area contributed by atoms with Gasteiger partial charge in [-0.3, -0.25) is 4.79 Å². The first-order chi connectivity index (χ1) is 14.5. The van der Waals surface area contributed by atoms with E-state index in [2.05, 4.69) is 35.3 Å². The van der Waals surface area contributed by atoms with Crippen LogP contribution in [0.4, 0.5) is 15.8 Å². The van der Waals surface area contributed by atoms with E-state index in [4.69, 9.17) is 4.52 Å². The zero-order chi connectivity index (χ0) is 21.3. The van der Waals surface area contributed by atoms with Crippen LogP contribution < -0.4 is 10.2 Å². The number of halogens is 1. The fraction of sp³-hybridized carbons (Fsp3) is 0.333. The van der Waals surface area contributed by atoms with Crippen LogP contribution in [0.3, 0.4) is 0 Å². The number of aryl methyl sites for hydroxylation is 1. The quantitative estimate of drug-likeness (QED) is 0.577. The van der Waals surface area contributed by atoms with Crippen molar-refractivity contribution in [3.63, 3.8) is 0 Å². The maximum Gasteiger partial charge on any atom is 0.236 e. The van der Waals surface area contributed by atoms with Gasteiger partial charge in [0.05, 0.1) is 16.7 Å². The number of hydrogen-bond acceptors (Lipinski definition) is 4.